The topological polar surface area (TPSA) is 83.6 Å². The van der Waals surface area contributed by atoms with Gasteiger partial charge in [0.1, 0.15) is 0 Å². The van der Waals surface area contributed by atoms with Crippen molar-refractivity contribution >= 4 is 17.6 Å². The molecule has 1 fully saturated rings. The summed E-state index contributed by atoms with van der Waals surface area (Å²) in [6, 6.07) is 7.32. The predicted octanol–water partition coefficient (Wildman–Crippen LogP) is 1.87. The summed E-state index contributed by atoms with van der Waals surface area (Å²) in [7, 11) is 0. The molecule has 108 valence electrons. The molecule has 20 heavy (non-hydrogen) atoms. The van der Waals surface area contributed by atoms with Gasteiger partial charge < -0.3 is 15.7 Å². The van der Waals surface area contributed by atoms with Crippen molar-refractivity contribution in [3.05, 3.63) is 29.8 Å². The van der Waals surface area contributed by atoms with E-state index in [4.69, 9.17) is 10.8 Å². The second-order valence-corrected chi connectivity index (χ2v) is 5.27. The number of piperidine rings is 1. The first-order valence-electron chi connectivity index (χ1n) is 6.93. The summed E-state index contributed by atoms with van der Waals surface area (Å²) in [5, 5.41) is 8.70. The molecule has 1 aliphatic rings. The number of nitrogens with zero attached hydrogens (tertiary/aromatic N) is 1. The van der Waals surface area contributed by atoms with Crippen molar-refractivity contribution in [2.75, 3.05) is 18.0 Å². The molecule has 0 spiro atoms. The summed E-state index contributed by atoms with van der Waals surface area (Å²) in [6.07, 6.45) is 3.07. The zero-order valence-electron chi connectivity index (χ0n) is 11.4. The van der Waals surface area contributed by atoms with E-state index in [1.165, 1.54) is 0 Å². The minimum absolute atomic E-state index is 0.262. The van der Waals surface area contributed by atoms with Gasteiger partial charge in [0.2, 0.25) is 5.91 Å². The number of benzene rings is 1. The molecule has 0 bridgehead atoms. The van der Waals surface area contributed by atoms with Crippen molar-refractivity contribution in [2.24, 2.45) is 11.7 Å². The highest BCUT2D eigenvalue weighted by Crippen LogP contribution is 2.26. The molecule has 1 aromatic carbocycles. The number of carbonyl (C=O) groups is 2. The number of carboxylic acids is 1. The Hall–Kier alpha value is -2.04. The van der Waals surface area contributed by atoms with Gasteiger partial charge in [0.25, 0.3) is 0 Å². The smallest absolute Gasteiger partial charge is 0.303 e. The third-order valence-electron chi connectivity index (χ3n) is 3.90. The molecule has 5 nitrogen and oxygen atoms in total. The van der Waals surface area contributed by atoms with Crippen LogP contribution in [-0.2, 0) is 4.79 Å². The molecule has 1 amide bonds. The zero-order valence-corrected chi connectivity index (χ0v) is 11.4. The van der Waals surface area contributed by atoms with Crippen LogP contribution in [0.15, 0.2) is 24.3 Å². The number of carbonyl (C=O) groups excluding carboxylic acids is 1. The van der Waals surface area contributed by atoms with Crippen molar-refractivity contribution in [2.45, 2.75) is 25.7 Å². The summed E-state index contributed by atoms with van der Waals surface area (Å²) in [6.45, 7) is 1.86. The molecule has 0 aliphatic carbocycles. The highest BCUT2D eigenvalue weighted by molar-refractivity contribution is 5.93. The van der Waals surface area contributed by atoms with Crippen molar-refractivity contribution in [3.63, 3.8) is 0 Å². The van der Waals surface area contributed by atoms with Crippen LogP contribution < -0.4 is 10.6 Å². The average molecular weight is 276 g/mol. The van der Waals surface area contributed by atoms with Crippen LogP contribution in [0.3, 0.4) is 0 Å². The molecule has 0 saturated carbocycles. The average Bonchev–Trinajstić information content (AvgIpc) is 2.46. The fraction of sp³-hybridized carbons (Fsp3) is 0.467. The number of carboxylic acid groups (broad SMARTS) is 1. The molecule has 1 aromatic rings. The van der Waals surface area contributed by atoms with E-state index in [9.17, 15) is 9.59 Å². The highest BCUT2D eigenvalue weighted by atomic mass is 16.4. The van der Waals surface area contributed by atoms with Gasteiger partial charge in [0, 0.05) is 30.8 Å². The third-order valence-corrected chi connectivity index (χ3v) is 3.90. The number of aliphatic carboxylic acids is 1. The van der Waals surface area contributed by atoms with Crippen LogP contribution in [0.4, 0.5) is 5.69 Å². The van der Waals surface area contributed by atoms with Crippen LogP contribution in [0.2, 0.25) is 0 Å². The maximum Gasteiger partial charge on any atom is 0.303 e. The van der Waals surface area contributed by atoms with Gasteiger partial charge in [-0.1, -0.05) is 0 Å². The lowest BCUT2D eigenvalue weighted by Gasteiger charge is -2.33. The number of amides is 1. The molecule has 3 N–H and O–H groups in total. The van der Waals surface area contributed by atoms with Gasteiger partial charge in [-0.15, -0.1) is 0 Å². The first-order valence-corrected chi connectivity index (χ1v) is 6.93. The van der Waals surface area contributed by atoms with E-state index >= 15 is 0 Å². The van der Waals surface area contributed by atoms with Crippen LogP contribution in [0, 0.1) is 5.92 Å². The van der Waals surface area contributed by atoms with Crippen LogP contribution >= 0.6 is 0 Å². The van der Waals surface area contributed by atoms with Crippen molar-refractivity contribution in [1.82, 2.24) is 0 Å². The van der Waals surface area contributed by atoms with Crippen LogP contribution in [0.1, 0.15) is 36.0 Å². The SMILES string of the molecule is NC(=O)c1ccc(N2CCC(CCC(=O)O)CC2)cc1. The standard InChI is InChI=1S/C15H20N2O3/c16-15(20)12-2-4-13(5-3-12)17-9-7-11(8-10-17)1-6-14(18)19/h2-5,11H,1,6-10H2,(H2,16,20)(H,18,19). The van der Waals surface area contributed by atoms with Gasteiger partial charge in [-0.3, -0.25) is 9.59 Å². The fourth-order valence-electron chi connectivity index (χ4n) is 2.64. The molecule has 1 heterocycles. The van der Waals surface area contributed by atoms with E-state index in [0.29, 0.717) is 11.5 Å². The molecule has 0 radical (unpaired) electrons. The van der Waals surface area contributed by atoms with Crippen LogP contribution in [-0.4, -0.2) is 30.1 Å². The number of hydrogen-bond donors (Lipinski definition) is 2. The van der Waals surface area contributed by atoms with E-state index in [1.807, 2.05) is 12.1 Å². The Balaban J connectivity index is 1.87. The first-order chi connectivity index (χ1) is 9.56. The van der Waals surface area contributed by atoms with E-state index in [0.717, 1.165) is 38.0 Å². The molecule has 5 heteroatoms. The number of hydrogen-bond acceptors (Lipinski definition) is 3. The van der Waals surface area contributed by atoms with Crippen molar-refractivity contribution in [3.8, 4) is 0 Å². The lowest BCUT2D eigenvalue weighted by Crippen LogP contribution is -2.33. The molecule has 1 saturated heterocycles. The molecular weight excluding hydrogens is 256 g/mol. The van der Waals surface area contributed by atoms with Gasteiger partial charge in [-0.25, -0.2) is 0 Å². The number of rotatable bonds is 5. The van der Waals surface area contributed by atoms with Gasteiger partial charge >= 0.3 is 5.97 Å². The van der Waals surface area contributed by atoms with Crippen molar-refractivity contribution < 1.29 is 14.7 Å². The van der Waals surface area contributed by atoms with Gasteiger partial charge in [-0.05, 0) is 49.4 Å². The lowest BCUT2D eigenvalue weighted by molar-refractivity contribution is -0.137. The minimum atomic E-state index is -0.713. The van der Waals surface area contributed by atoms with E-state index < -0.39 is 11.9 Å². The summed E-state index contributed by atoms with van der Waals surface area (Å²) in [4.78, 5) is 23.9. The molecule has 1 aliphatic heterocycles. The molecule has 0 unspecified atom stereocenters. The van der Waals surface area contributed by atoms with Crippen molar-refractivity contribution in [1.29, 1.82) is 0 Å². The first kappa shape index (κ1) is 14.4. The molecule has 0 atom stereocenters. The van der Waals surface area contributed by atoms with Gasteiger partial charge in [0.15, 0.2) is 0 Å². The quantitative estimate of drug-likeness (QED) is 0.860. The maximum absolute atomic E-state index is 11.0. The fourth-order valence-corrected chi connectivity index (χ4v) is 2.64. The Labute approximate surface area is 118 Å². The van der Waals surface area contributed by atoms with Gasteiger partial charge in [-0.2, -0.15) is 0 Å². The summed E-state index contributed by atoms with van der Waals surface area (Å²) < 4.78 is 0. The predicted molar refractivity (Wildman–Crippen MR) is 76.8 cm³/mol. The van der Waals surface area contributed by atoms with Crippen LogP contribution in [0.25, 0.3) is 0 Å². The second kappa shape index (κ2) is 6.41. The van der Waals surface area contributed by atoms with E-state index in [-0.39, 0.29) is 6.42 Å². The van der Waals surface area contributed by atoms with Gasteiger partial charge in [0.05, 0.1) is 0 Å². The summed E-state index contributed by atoms with van der Waals surface area (Å²) in [5.41, 5.74) is 6.83. The molecule has 0 aromatic heterocycles. The maximum atomic E-state index is 11.0. The third kappa shape index (κ3) is 3.73. The number of anilines is 1. The Kier molecular flexibility index (Phi) is 4.61. The lowest BCUT2D eigenvalue weighted by atomic mass is 9.92. The largest absolute Gasteiger partial charge is 0.481 e. The monoisotopic (exact) mass is 276 g/mol. The zero-order chi connectivity index (χ0) is 14.5. The van der Waals surface area contributed by atoms with Crippen LogP contribution in [0.5, 0.6) is 0 Å². The highest BCUT2D eigenvalue weighted by Gasteiger charge is 2.20. The Morgan fingerprint density at radius 2 is 1.80 bits per heavy atom. The minimum Gasteiger partial charge on any atom is -0.481 e. The van der Waals surface area contributed by atoms with E-state index in [1.54, 1.807) is 12.1 Å². The summed E-state index contributed by atoms with van der Waals surface area (Å²) in [5.74, 6) is -0.620. The Morgan fingerprint density at radius 1 is 1.20 bits per heavy atom. The van der Waals surface area contributed by atoms with E-state index in [2.05, 4.69) is 4.90 Å². The Bertz CT molecular complexity index is 476. The number of nitrogens with two attached hydrogens (primary N) is 1. The molecular formula is C15H20N2O3. The second-order valence-electron chi connectivity index (χ2n) is 5.27. The summed E-state index contributed by atoms with van der Waals surface area (Å²) >= 11 is 0. The normalized spacial score (nSPS) is 16.1. The molecule has 2 rings (SSSR count). The number of primary amides is 1. The Morgan fingerprint density at radius 3 is 2.30 bits per heavy atom.